The SMILES string of the molecule is Cn1cc(C(NC(=O)Nc2cnns2)C(=O)O)cn1. The Hall–Kier alpha value is -2.49. The zero-order valence-corrected chi connectivity index (χ0v) is 10.6. The topological polar surface area (TPSA) is 122 Å². The van der Waals surface area contributed by atoms with Gasteiger partial charge >= 0.3 is 12.0 Å². The molecule has 0 spiro atoms. The summed E-state index contributed by atoms with van der Waals surface area (Å²) >= 11 is 0.990. The molecule has 10 heteroatoms. The molecule has 0 bridgehead atoms. The number of aryl methyl sites for hydroxylation is 1. The van der Waals surface area contributed by atoms with E-state index in [0.717, 1.165) is 11.5 Å². The molecule has 1 atom stereocenters. The standard InChI is InChI=1S/C9H10N6O3S/c1-15-4-5(2-11-15)7(8(16)17)13-9(18)12-6-3-10-14-19-6/h2-4,7H,1H3,(H,16,17)(H2,12,13,18). The van der Waals surface area contributed by atoms with Crippen LogP contribution in [0.5, 0.6) is 0 Å². The Morgan fingerprint density at radius 2 is 2.26 bits per heavy atom. The average Bonchev–Trinajstić information content (AvgIpc) is 2.97. The third-order valence-corrected chi connectivity index (χ3v) is 2.76. The Labute approximate surface area is 111 Å². The number of anilines is 1. The molecule has 2 heterocycles. The van der Waals surface area contributed by atoms with Gasteiger partial charge in [0.1, 0.15) is 5.00 Å². The predicted molar refractivity (Wildman–Crippen MR) is 65.6 cm³/mol. The van der Waals surface area contributed by atoms with E-state index in [2.05, 4.69) is 25.3 Å². The minimum absolute atomic E-state index is 0.382. The molecule has 2 amide bonds. The van der Waals surface area contributed by atoms with Crippen LogP contribution in [0.25, 0.3) is 0 Å². The summed E-state index contributed by atoms with van der Waals surface area (Å²) in [6.45, 7) is 0. The summed E-state index contributed by atoms with van der Waals surface area (Å²) in [5.41, 5.74) is 0.382. The molecular weight excluding hydrogens is 272 g/mol. The van der Waals surface area contributed by atoms with Crippen LogP contribution >= 0.6 is 11.5 Å². The number of hydrogen-bond acceptors (Lipinski definition) is 6. The van der Waals surface area contributed by atoms with Crippen molar-refractivity contribution in [2.75, 3.05) is 5.32 Å². The number of amides is 2. The monoisotopic (exact) mass is 282 g/mol. The minimum atomic E-state index is -1.18. The first kappa shape index (κ1) is 13.0. The fourth-order valence-corrected chi connectivity index (χ4v) is 1.79. The van der Waals surface area contributed by atoms with E-state index in [4.69, 9.17) is 5.11 Å². The third kappa shape index (κ3) is 3.25. The van der Waals surface area contributed by atoms with Gasteiger partial charge in [-0.2, -0.15) is 5.10 Å². The zero-order valence-electron chi connectivity index (χ0n) is 9.77. The van der Waals surface area contributed by atoms with Crippen LogP contribution in [-0.4, -0.2) is 36.5 Å². The second kappa shape index (κ2) is 5.44. The zero-order chi connectivity index (χ0) is 13.8. The molecule has 2 aromatic heterocycles. The Kier molecular flexibility index (Phi) is 3.71. The number of nitrogens with one attached hydrogen (secondary N) is 2. The Morgan fingerprint density at radius 1 is 1.47 bits per heavy atom. The molecule has 0 radical (unpaired) electrons. The van der Waals surface area contributed by atoms with E-state index in [1.54, 1.807) is 7.05 Å². The Balaban J connectivity index is 2.05. The number of hydrogen-bond donors (Lipinski definition) is 3. The maximum absolute atomic E-state index is 11.6. The van der Waals surface area contributed by atoms with E-state index in [1.165, 1.54) is 23.3 Å². The maximum Gasteiger partial charge on any atom is 0.331 e. The summed E-state index contributed by atoms with van der Waals surface area (Å²) in [6, 6.07) is -1.82. The maximum atomic E-state index is 11.6. The molecular formula is C9H10N6O3S. The number of rotatable bonds is 4. The molecule has 2 aromatic rings. The lowest BCUT2D eigenvalue weighted by molar-refractivity contribution is -0.139. The van der Waals surface area contributed by atoms with Gasteiger partial charge in [-0.3, -0.25) is 10.00 Å². The molecule has 2 rings (SSSR count). The van der Waals surface area contributed by atoms with Crippen LogP contribution in [0.2, 0.25) is 0 Å². The minimum Gasteiger partial charge on any atom is -0.479 e. The lowest BCUT2D eigenvalue weighted by atomic mass is 10.2. The highest BCUT2D eigenvalue weighted by molar-refractivity contribution is 7.10. The van der Waals surface area contributed by atoms with Gasteiger partial charge in [0, 0.05) is 30.3 Å². The quantitative estimate of drug-likeness (QED) is 0.737. The van der Waals surface area contributed by atoms with Crippen molar-refractivity contribution in [3.63, 3.8) is 0 Å². The summed E-state index contributed by atoms with van der Waals surface area (Å²) in [7, 11) is 1.66. The van der Waals surface area contributed by atoms with Crippen LogP contribution in [-0.2, 0) is 11.8 Å². The molecule has 3 N–H and O–H groups in total. The molecule has 100 valence electrons. The van der Waals surface area contributed by atoms with E-state index in [1.807, 2.05) is 0 Å². The molecule has 0 saturated heterocycles. The van der Waals surface area contributed by atoms with Crippen molar-refractivity contribution in [2.24, 2.45) is 7.05 Å². The molecule has 0 fully saturated rings. The van der Waals surface area contributed by atoms with Gasteiger partial charge in [0.2, 0.25) is 0 Å². The fourth-order valence-electron chi connectivity index (χ4n) is 1.38. The van der Waals surface area contributed by atoms with E-state index in [0.29, 0.717) is 10.6 Å². The van der Waals surface area contributed by atoms with Crippen LogP contribution in [0.3, 0.4) is 0 Å². The van der Waals surface area contributed by atoms with Gasteiger partial charge in [-0.25, -0.2) is 9.59 Å². The molecule has 0 saturated carbocycles. The second-order valence-electron chi connectivity index (χ2n) is 3.60. The smallest absolute Gasteiger partial charge is 0.331 e. The summed E-state index contributed by atoms with van der Waals surface area (Å²) in [5.74, 6) is -1.18. The molecule has 19 heavy (non-hydrogen) atoms. The van der Waals surface area contributed by atoms with Crippen molar-refractivity contribution in [1.82, 2.24) is 24.7 Å². The summed E-state index contributed by atoms with van der Waals surface area (Å²) < 4.78 is 5.03. The van der Waals surface area contributed by atoms with Gasteiger partial charge < -0.3 is 10.4 Å². The molecule has 0 aromatic carbocycles. The summed E-state index contributed by atoms with van der Waals surface area (Å²) in [6.07, 6.45) is 4.27. The van der Waals surface area contributed by atoms with Crippen LogP contribution in [0.15, 0.2) is 18.6 Å². The molecule has 0 aliphatic heterocycles. The number of carboxylic acid groups (broad SMARTS) is 1. The first-order chi connectivity index (χ1) is 9.06. The molecule has 0 aliphatic carbocycles. The van der Waals surface area contributed by atoms with Crippen molar-refractivity contribution in [3.05, 3.63) is 24.2 Å². The molecule has 1 unspecified atom stereocenters. The van der Waals surface area contributed by atoms with Gasteiger partial charge in [0.25, 0.3) is 0 Å². The lowest BCUT2D eigenvalue weighted by Gasteiger charge is -2.12. The lowest BCUT2D eigenvalue weighted by Crippen LogP contribution is -2.36. The first-order valence-corrected chi connectivity index (χ1v) is 5.90. The largest absolute Gasteiger partial charge is 0.479 e. The van der Waals surface area contributed by atoms with Crippen molar-refractivity contribution >= 4 is 28.5 Å². The second-order valence-corrected chi connectivity index (χ2v) is 4.38. The van der Waals surface area contributed by atoms with Crippen molar-refractivity contribution in [3.8, 4) is 0 Å². The number of nitrogens with zero attached hydrogens (tertiary/aromatic N) is 4. The summed E-state index contributed by atoms with van der Waals surface area (Å²) in [5, 5.41) is 21.7. The number of carbonyl (C=O) groups excluding carboxylic acids is 1. The Bertz CT molecular complexity index is 581. The highest BCUT2D eigenvalue weighted by atomic mass is 32.1. The molecule has 9 nitrogen and oxygen atoms in total. The van der Waals surface area contributed by atoms with Crippen molar-refractivity contribution in [1.29, 1.82) is 0 Å². The molecule has 0 aliphatic rings. The van der Waals surface area contributed by atoms with Gasteiger partial charge in [-0.1, -0.05) is 4.49 Å². The van der Waals surface area contributed by atoms with Gasteiger partial charge in [-0.15, -0.1) is 5.10 Å². The highest BCUT2D eigenvalue weighted by Gasteiger charge is 2.23. The normalized spacial score (nSPS) is 11.8. The van der Waals surface area contributed by atoms with Crippen LogP contribution in [0.1, 0.15) is 11.6 Å². The van der Waals surface area contributed by atoms with Crippen molar-refractivity contribution in [2.45, 2.75) is 6.04 Å². The van der Waals surface area contributed by atoms with Crippen LogP contribution < -0.4 is 10.6 Å². The van der Waals surface area contributed by atoms with E-state index >= 15 is 0 Å². The van der Waals surface area contributed by atoms with E-state index in [9.17, 15) is 9.59 Å². The number of aromatic nitrogens is 4. The van der Waals surface area contributed by atoms with Crippen molar-refractivity contribution < 1.29 is 14.7 Å². The number of carbonyl (C=O) groups is 2. The van der Waals surface area contributed by atoms with Gasteiger partial charge in [0.05, 0.1) is 12.4 Å². The van der Waals surface area contributed by atoms with Gasteiger partial charge in [-0.05, 0) is 0 Å². The highest BCUT2D eigenvalue weighted by Crippen LogP contribution is 2.13. The van der Waals surface area contributed by atoms with Crippen LogP contribution in [0, 0.1) is 0 Å². The predicted octanol–water partition coefficient (Wildman–Crippen LogP) is 0.219. The van der Waals surface area contributed by atoms with Gasteiger partial charge in [0.15, 0.2) is 6.04 Å². The number of aliphatic carboxylic acids is 1. The van der Waals surface area contributed by atoms with E-state index in [-0.39, 0.29) is 0 Å². The van der Waals surface area contributed by atoms with Crippen LogP contribution in [0.4, 0.5) is 9.80 Å². The summed E-state index contributed by atoms with van der Waals surface area (Å²) in [4.78, 5) is 22.8. The van der Waals surface area contributed by atoms with E-state index < -0.39 is 18.0 Å². The number of carboxylic acids is 1. The Morgan fingerprint density at radius 3 is 2.79 bits per heavy atom. The average molecular weight is 282 g/mol. The number of urea groups is 1. The fraction of sp³-hybridized carbons (Fsp3) is 0.222. The first-order valence-electron chi connectivity index (χ1n) is 5.12. The third-order valence-electron chi connectivity index (χ3n) is 2.18.